The minimum Gasteiger partial charge on any atom is -0.496 e. The van der Waals surface area contributed by atoms with E-state index >= 15 is 0 Å². The van der Waals surface area contributed by atoms with E-state index in [1.165, 1.54) is 0 Å². The van der Waals surface area contributed by atoms with Gasteiger partial charge in [-0.1, -0.05) is 36.4 Å². The second kappa shape index (κ2) is 6.92. The van der Waals surface area contributed by atoms with Gasteiger partial charge in [-0.05, 0) is 42.1 Å². The van der Waals surface area contributed by atoms with E-state index in [0.29, 0.717) is 6.61 Å². The summed E-state index contributed by atoms with van der Waals surface area (Å²) in [6.45, 7) is 2.64. The zero-order chi connectivity index (χ0) is 17.9. The van der Waals surface area contributed by atoms with Crippen LogP contribution in [0.4, 0.5) is 0 Å². The molecule has 3 aromatic carbocycles. The van der Waals surface area contributed by atoms with Crippen LogP contribution in [-0.4, -0.2) is 23.9 Å². The van der Waals surface area contributed by atoms with E-state index in [0.717, 1.165) is 44.7 Å². The lowest BCUT2D eigenvalue weighted by Gasteiger charge is -2.11. The molecule has 0 aliphatic rings. The number of hydrogen-bond acceptors (Lipinski definition) is 3. The Kier molecular flexibility index (Phi) is 4.32. The van der Waals surface area contributed by atoms with Crippen molar-refractivity contribution in [2.24, 2.45) is 0 Å². The fourth-order valence-corrected chi connectivity index (χ4v) is 3.28. The first-order chi connectivity index (χ1) is 12.8. The van der Waals surface area contributed by atoms with Crippen molar-refractivity contribution in [1.29, 1.82) is 0 Å². The molecule has 0 radical (unpaired) electrons. The average molecular weight is 344 g/mol. The summed E-state index contributed by atoms with van der Waals surface area (Å²) in [4.78, 5) is 0. The van der Waals surface area contributed by atoms with Crippen molar-refractivity contribution in [2.75, 3.05) is 13.7 Å². The Bertz CT molecular complexity index is 1040. The quantitative estimate of drug-likeness (QED) is 0.534. The fraction of sp³-hybridized carbons (Fsp3) is 0.136. The topological polar surface area (TPSA) is 47.1 Å². The monoisotopic (exact) mass is 344 g/mol. The number of nitrogens with one attached hydrogen (secondary N) is 1. The van der Waals surface area contributed by atoms with Gasteiger partial charge in [0.05, 0.1) is 25.6 Å². The van der Waals surface area contributed by atoms with Crippen LogP contribution in [0.25, 0.3) is 33.2 Å². The molecule has 0 aliphatic carbocycles. The second-order valence-electron chi connectivity index (χ2n) is 5.98. The van der Waals surface area contributed by atoms with Crippen molar-refractivity contribution >= 4 is 10.8 Å². The van der Waals surface area contributed by atoms with Gasteiger partial charge in [-0.2, -0.15) is 5.10 Å². The predicted molar refractivity (Wildman–Crippen MR) is 105 cm³/mol. The van der Waals surface area contributed by atoms with Crippen LogP contribution in [0.15, 0.2) is 66.9 Å². The van der Waals surface area contributed by atoms with Gasteiger partial charge in [0.1, 0.15) is 11.5 Å². The zero-order valence-corrected chi connectivity index (χ0v) is 14.8. The molecule has 0 spiro atoms. The van der Waals surface area contributed by atoms with Gasteiger partial charge in [0.25, 0.3) is 0 Å². The number of aromatic amines is 1. The number of H-pyrrole nitrogens is 1. The van der Waals surface area contributed by atoms with Crippen molar-refractivity contribution in [2.45, 2.75) is 6.92 Å². The van der Waals surface area contributed by atoms with E-state index in [1.807, 2.05) is 43.5 Å². The smallest absolute Gasteiger partial charge is 0.126 e. The Balaban J connectivity index is 1.84. The molecule has 4 nitrogen and oxygen atoms in total. The number of rotatable bonds is 5. The van der Waals surface area contributed by atoms with Gasteiger partial charge in [-0.15, -0.1) is 0 Å². The van der Waals surface area contributed by atoms with Crippen LogP contribution in [0.3, 0.4) is 0 Å². The molecule has 0 atom stereocenters. The molecule has 0 amide bonds. The lowest BCUT2D eigenvalue weighted by molar-refractivity contribution is 0.340. The minimum absolute atomic E-state index is 0.661. The summed E-state index contributed by atoms with van der Waals surface area (Å²) in [5, 5.41) is 9.67. The van der Waals surface area contributed by atoms with Crippen LogP contribution in [0, 0.1) is 0 Å². The van der Waals surface area contributed by atoms with E-state index in [1.54, 1.807) is 7.11 Å². The van der Waals surface area contributed by atoms with Crippen molar-refractivity contribution < 1.29 is 9.47 Å². The number of nitrogens with zero attached hydrogens (tertiary/aromatic N) is 1. The number of methoxy groups -OCH3 is 1. The SMILES string of the molecule is CCOc1ccc(-c2cn[nH]c2-c2ccc(OC)c3ccccc23)cc1. The van der Waals surface area contributed by atoms with Crippen molar-refractivity contribution in [3.8, 4) is 33.9 Å². The fourth-order valence-electron chi connectivity index (χ4n) is 3.28. The summed E-state index contributed by atoms with van der Waals surface area (Å²) < 4.78 is 11.1. The minimum atomic E-state index is 0.661. The van der Waals surface area contributed by atoms with Crippen molar-refractivity contribution in [3.63, 3.8) is 0 Å². The molecular formula is C22H20N2O2. The first kappa shape index (κ1) is 16.2. The molecule has 0 saturated carbocycles. The largest absolute Gasteiger partial charge is 0.496 e. The Hall–Kier alpha value is -3.27. The first-order valence-electron chi connectivity index (χ1n) is 8.64. The van der Waals surface area contributed by atoms with E-state index in [2.05, 4.69) is 40.5 Å². The van der Waals surface area contributed by atoms with Crippen LogP contribution >= 0.6 is 0 Å². The van der Waals surface area contributed by atoms with Gasteiger partial charge in [0.2, 0.25) is 0 Å². The molecule has 4 aromatic rings. The zero-order valence-electron chi connectivity index (χ0n) is 14.8. The molecule has 4 heteroatoms. The van der Waals surface area contributed by atoms with Gasteiger partial charge in [0.15, 0.2) is 0 Å². The average Bonchev–Trinajstić information content (AvgIpc) is 3.17. The van der Waals surface area contributed by atoms with Gasteiger partial charge in [0, 0.05) is 16.5 Å². The number of aromatic nitrogens is 2. The molecule has 0 fully saturated rings. The van der Waals surface area contributed by atoms with E-state index in [4.69, 9.17) is 9.47 Å². The third-order valence-corrected chi connectivity index (χ3v) is 4.49. The van der Waals surface area contributed by atoms with E-state index in [9.17, 15) is 0 Å². The maximum absolute atomic E-state index is 5.54. The summed E-state index contributed by atoms with van der Waals surface area (Å²) in [6, 6.07) is 20.4. The van der Waals surface area contributed by atoms with Gasteiger partial charge in [-0.3, -0.25) is 5.10 Å². The lowest BCUT2D eigenvalue weighted by Crippen LogP contribution is -1.91. The highest BCUT2D eigenvalue weighted by molar-refractivity contribution is 6.02. The molecule has 1 aromatic heterocycles. The molecule has 1 heterocycles. The molecule has 0 aliphatic heterocycles. The molecule has 0 saturated heterocycles. The number of benzene rings is 3. The lowest BCUT2D eigenvalue weighted by atomic mass is 9.96. The van der Waals surface area contributed by atoms with Crippen molar-refractivity contribution in [3.05, 3.63) is 66.9 Å². The van der Waals surface area contributed by atoms with Crippen molar-refractivity contribution in [1.82, 2.24) is 10.2 Å². The highest BCUT2D eigenvalue weighted by Gasteiger charge is 2.14. The molecular weight excluding hydrogens is 324 g/mol. The van der Waals surface area contributed by atoms with Crippen LogP contribution < -0.4 is 9.47 Å². The number of ether oxygens (including phenoxy) is 2. The molecule has 0 unspecified atom stereocenters. The maximum Gasteiger partial charge on any atom is 0.126 e. The van der Waals surface area contributed by atoms with Crippen LogP contribution in [0.2, 0.25) is 0 Å². The summed E-state index contributed by atoms with van der Waals surface area (Å²) in [6.07, 6.45) is 1.87. The Morgan fingerprint density at radius 2 is 1.65 bits per heavy atom. The summed E-state index contributed by atoms with van der Waals surface area (Å²) in [5.74, 6) is 1.74. The second-order valence-corrected chi connectivity index (χ2v) is 5.98. The molecule has 4 rings (SSSR count). The van der Waals surface area contributed by atoms with Gasteiger partial charge < -0.3 is 9.47 Å². The molecule has 26 heavy (non-hydrogen) atoms. The molecule has 0 bridgehead atoms. The summed E-state index contributed by atoms with van der Waals surface area (Å²) in [5.41, 5.74) is 4.25. The van der Waals surface area contributed by atoms with E-state index < -0.39 is 0 Å². The Labute approximate surface area is 152 Å². The highest BCUT2D eigenvalue weighted by atomic mass is 16.5. The third-order valence-electron chi connectivity index (χ3n) is 4.49. The Morgan fingerprint density at radius 3 is 2.38 bits per heavy atom. The summed E-state index contributed by atoms with van der Waals surface area (Å²) in [7, 11) is 1.70. The maximum atomic E-state index is 5.54. The van der Waals surface area contributed by atoms with E-state index in [-0.39, 0.29) is 0 Å². The standard InChI is InChI=1S/C22H20N2O2/c1-3-26-16-10-8-15(9-11-16)20-14-23-24-22(20)19-12-13-21(25-2)18-7-5-4-6-17(18)19/h4-14H,3H2,1-2H3,(H,23,24). The predicted octanol–water partition coefficient (Wildman–Crippen LogP) is 5.30. The Morgan fingerprint density at radius 1 is 0.885 bits per heavy atom. The van der Waals surface area contributed by atoms with Crippen LogP contribution in [0.5, 0.6) is 11.5 Å². The molecule has 1 N–H and O–H groups in total. The summed E-state index contributed by atoms with van der Waals surface area (Å²) >= 11 is 0. The normalized spacial score (nSPS) is 10.8. The number of hydrogen-bond donors (Lipinski definition) is 1. The van der Waals surface area contributed by atoms with Crippen LogP contribution in [-0.2, 0) is 0 Å². The van der Waals surface area contributed by atoms with Gasteiger partial charge in [-0.25, -0.2) is 0 Å². The van der Waals surface area contributed by atoms with Gasteiger partial charge >= 0.3 is 0 Å². The molecule has 130 valence electrons. The van der Waals surface area contributed by atoms with Crippen LogP contribution in [0.1, 0.15) is 6.92 Å². The number of fused-ring (bicyclic) bond motifs is 1. The first-order valence-corrected chi connectivity index (χ1v) is 8.64. The highest BCUT2D eigenvalue weighted by Crippen LogP contribution is 2.38. The third kappa shape index (κ3) is 2.80.